The third kappa shape index (κ3) is 6.66. The van der Waals surface area contributed by atoms with Crippen molar-refractivity contribution in [1.29, 1.82) is 0 Å². The van der Waals surface area contributed by atoms with Gasteiger partial charge < -0.3 is 15.4 Å². The van der Waals surface area contributed by atoms with Crippen LogP contribution in [0.1, 0.15) is 16.7 Å². The molecule has 3 aromatic carbocycles. The fraction of sp³-hybridized carbons (Fsp3) is 0.222. The SMILES string of the molecule is COc1ccc(Cn2c(NCCNc3cc(C)ccc3[N+](=O)[O-])nc(=O)n(Cc3ccc(F)cc3)c2=O)cc1. The Kier molecular flexibility index (Phi) is 8.34. The third-order valence-electron chi connectivity index (χ3n) is 5.98. The van der Waals surface area contributed by atoms with Crippen molar-refractivity contribution in [3.05, 3.63) is 120 Å². The summed E-state index contributed by atoms with van der Waals surface area (Å²) in [5.41, 5.74) is 1.13. The smallest absolute Gasteiger partial charge is 0.355 e. The molecular formula is C27H27FN6O5. The molecule has 4 rings (SSSR count). The van der Waals surface area contributed by atoms with Gasteiger partial charge in [-0.25, -0.2) is 18.5 Å². The zero-order chi connectivity index (χ0) is 27.9. The van der Waals surface area contributed by atoms with E-state index in [0.29, 0.717) is 17.0 Å². The number of aryl methyl sites for hydroxylation is 1. The largest absolute Gasteiger partial charge is 0.497 e. The Morgan fingerprint density at radius 3 is 2.18 bits per heavy atom. The Balaban J connectivity index is 1.60. The Morgan fingerprint density at radius 2 is 1.54 bits per heavy atom. The van der Waals surface area contributed by atoms with Crippen molar-refractivity contribution in [3.63, 3.8) is 0 Å². The average molecular weight is 535 g/mol. The summed E-state index contributed by atoms with van der Waals surface area (Å²) in [6.07, 6.45) is 0. The number of halogens is 1. The summed E-state index contributed by atoms with van der Waals surface area (Å²) < 4.78 is 20.8. The van der Waals surface area contributed by atoms with E-state index in [1.54, 1.807) is 43.5 Å². The van der Waals surface area contributed by atoms with Crippen LogP contribution < -0.4 is 26.7 Å². The summed E-state index contributed by atoms with van der Waals surface area (Å²) in [4.78, 5) is 41.3. The minimum atomic E-state index is -0.764. The molecule has 0 spiro atoms. The zero-order valence-electron chi connectivity index (χ0n) is 21.4. The first kappa shape index (κ1) is 27.0. The quantitative estimate of drug-likeness (QED) is 0.170. The number of methoxy groups -OCH3 is 1. The van der Waals surface area contributed by atoms with Crippen LogP contribution in [0.2, 0.25) is 0 Å². The van der Waals surface area contributed by atoms with E-state index >= 15 is 0 Å². The second kappa shape index (κ2) is 12.0. The molecule has 12 heteroatoms. The van der Waals surface area contributed by atoms with E-state index in [-0.39, 0.29) is 37.8 Å². The summed E-state index contributed by atoms with van der Waals surface area (Å²) in [6.45, 7) is 2.32. The fourth-order valence-corrected chi connectivity index (χ4v) is 3.95. The maximum Gasteiger partial charge on any atom is 0.355 e. The number of aromatic nitrogens is 3. The molecule has 11 nitrogen and oxygen atoms in total. The van der Waals surface area contributed by atoms with Gasteiger partial charge in [0.05, 0.1) is 25.1 Å². The molecule has 0 unspecified atom stereocenters. The van der Waals surface area contributed by atoms with Crippen LogP contribution in [0.5, 0.6) is 5.75 Å². The highest BCUT2D eigenvalue weighted by Gasteiger charge is 2.16. The van der Waals surface area contributed by atoms with E-state index in [0.717, 1.165) is 15.7 Å². The van der Waals surface area contributed by atoms with Crippen LogP contribution in [-0.4, -0.2) is 39.2 Å². The van der Waals surface area contributed by atoms with Gasteiger partial charge in [-0.2, -0.15) is 4.98 Å². The van der Waals surface area contributed by atoms with E-state index in [1.165, 1.54) is 34.9 Å². The first-order valence-electron chi connectivity index (χ1n) is 12.1. The Bertz CT molecular complexity index is 1580. The van der Waals surface area contributed by atoms with E-state index in [4.69, 9.17) is 4.74 Å². The molecule has 0 atom stereocenters. The number of nitro groups is 1. The predicted molar refractivity (Wildman–Crippen MR) is 145 cm³/mol. The summed E-state index contributed by atoms with van der Waals surface area (Å²) in [5.74, 6) is 0.280. The van der Waals surface area contributed by atoms with Gasteiger partial charge >= 0.3 is 11.4 Å². The third-order valence-corrected chi connectivity index (χ3v) is 5.98. The lowest BCUT2D eigenvalue weighted by Gasteiger charge is -2.16. The van der Waals surface area contributed by atoms with Gasteiger partial charge in [-0.3, -0.25) is 14.7 Å². The van der Waals surface area contributed by atoms with Crippen molar-refractivity contribution in [3.8, 4) is 5.75 Å². The number of rotatable bonds is 11. The molecule has 1 aromatic heterocycles. The van der Waals surface area contributed by atoms with E-state index < -0.39 is 22.1 Å². The number of nitrogens with one attached hydrogen (secondary N) is 2. The Hall–Kier alpha value is -5.00. The zero-order valence-corrected chi connectivity index (χ0v) is 21.4. The standard InChI is InChI=1S/C27H27FN6O5/c1-18-3-12-24(34(37)38)23(15-18)29-13-14-30-25-31-26(35)33(17-19-4-8-21(28)9-5-19)27(36)32(25)16-20-6-10-22(39-2)11-7-20/h3-12,15,29H,13-14,16-17H2,1-2H3,(H,30,31,35). The van der Waals surface area contributed by atoms with E-state index in [2.05, 4.69) is 15.6 Å². The van der Waals surface area contributed by atoms with Crippen LogP contribution in [0.4, 0.5) is 21.7 Å². The summed E-state index contributed by atoms with van der Waals surface area (Å²) >= 11 is 0. The maximum atomic E-state index is 13.5. The van der Waals surface area contributed by atoms with Crippen LogP contribution in [-0.2, 0) is 13.1 Å². The van der Waals surface area contributed by atoms with Crippen molar-refractivity contribution in [1.82, 2.24) is 14.1 Å². The van der Waals surface area contributed by atoms with Crippen LogP contribution in [0.3, 0.4) is 0 Å². The highest BCUT2D eigenvalue weighted by Crippen LogP contribution is 2.24. The maximum absolute atomic E-state index is 13.5. The molecule has 0 saturated carbocycles. The van der Waals surface area contributed by atoms with Gasteiger partial charge in [0.1, 0.15) is 17.3 Å². The van der Waals surface area contributed by atoms with Gasteiger partial charge in [0.15, 0.2) is 0 Å². The molecule has 0 amide bonds. The predicted octanol–water partition coefficient (Wildman–Crippen LogP) is 3.39. The second-order valence-corrected chi connectivity index (χ2v) is 8.78. The lowest BCUT2D eigenvalue weighted by molar-refractivity contribution is -0.384. The first-order chi connectivity index (χ1) is 18.7. The second-order valence-electron chi connectivity index (χ2n) is 8.78. The van der Waals surface area contributed by atoms with Crippen LogP contribution in [0.15, 0.2) is 76.3 Å². The molecular weight excluding hydrogens is 507 g/mol. The molecule has 202 valence electrons. The molecule has 0 bridgehead atoms. The van der Waals surface area contributed by atoms with Gasteiger partial charge in [0, 0.05) is 19.2 Å². The summed E-state index contributed by atoms with van der Waals surface area (Å²) in [6, 6.07) is 17.4. The molecule has 1 heterocycles. The Morgan fingerprint density at radius 1 is 0.923 bits per heavy atom. The van der Waals surface area contributed by atoms with Gasteiger partial charge in [-0.05, 0) is 53.9 Å². The first-order valence-corrected chi connectivity index (χ1v) is 12.1. The van der Waals surface area contributed by atoms with Crippen LogP contribution >= 0.6 is 0 Å². The molecule has 0 saturated heterocycles. The molecule has 0 aliphatic carbocycles. The van der Waals surface area contributed by atoms with Gasteiger partial charge in [0.25, 0.3) is 5.69 Å². The van der Waals surface area contributed by atoms with Crippen molar-refractivity contribution in [2.45, 2.75) is 20.0 Å². The number of nitrogens with zero attached hydrogens (tertiary/aromatic N) is 4. The van der Waals surface area contributed by atoms with Crippen molar-refractivity contribution in [2.24, 2.45) is 0 Å². The number of benzene rings is 3. The lowest BCUT2D eigenvalue weighted by Crippen LogP contribution is -2.43. The van der Waals surface area contributed by atoms with Crippen LogP contribution in [0.25, 0.3) is 0 Å². The lowest BCUT2D eigenvalue weighted by atomic mass is 10.2. The number of nitro benzene ring substituents is 1. The Labute approximate surface area is 222 Å². The van der Waals surface area contributed by atoms with Gasteiger partial charge in [0.2, 0.25) is 5.95 Å². The van der Waals surface area contributed by atoms with Crippen LogP contribution in [0, 0.1) is 22.9 Å². The molecule has 0 aliphatic rings. The molecule has 0 aliphatic heterocycles. The topological polar surface area (TPSA) is 133 Å². The molecule has 0 radical (unpaired) electrons. The monoisotopic (exact) mass is 534 g/mol. The highest BCUT2D eigenvalue weighted by molar-refractivity contribution is 5.62. The van der Waals surface area contributed by atoms with E-state index in [9.17, 15) is 24.1 Å². The number of ether oxygens (including phenoxy) is 1. The molecule has 0 fully saturated rings. The minimum Gasteiger partial charge on any atom is -0.497 e. The van der Waals surface area contributed by atoms with Gasteiger partial charge in [-0.1, -0.05) is 30.3 Å². The minimum absolute atomic E-state index is 0.0525. The number of hydrogen-bond donors (Lipinski definition) is 2. The van der Waals surface area contributed by atoms with Crippen molar-refractivity contribution >= 4 is 17.3 Å². The summed E-state index contributed by atoms with van der Waals surface area (Å²) in [5, 5.41) is 17.4. The average Bonchev–Trinajstić information content (AvgIpc) is 2.92. The normalized spacial score (nSPS) is 10.7. The number of anilines is 2. The van der Waals surface area contributed by atoms with E-state index in [1.807, 2.05) is 6.92 Å². The van der Waals surface area contributed by atoms with Gasteiger partial charge in [-0.15, -0.1) is 0 Å². The molecule has 2 N–H and O–H groups in total. The van der Waals surface area contributed by atoms with Crippen molar-refractivity contribution < 1.29 is 14.1 Å². The molecule has 4 aromatic rings. The highest BCUT2D eigenvalue weighted by atomic mass is 19.1. The van der Waals surface area contributed by atoms with Crippen molar-refractivity contribution in [2.75, 3.05) is 30.8 Å². The summed E-state index contributed by atoms with van der Waals surface area (Å²) in [7, 11) is 1.55. The molecule has 39 heavy (non-hydrogen) atoms. The number of hydrogen-bond acceptors (Lipinski definition) is 8. The fourth-order valence-electron chi connectivity index (χ4n) is 3.95.